The number of fused-ring (bicyclic) bond motifs is 1. The Labute approximate surface area is 237 Å². The van der Waals surface area contributed by atoms with Gasteiger partial charge in [-0.05, 0) is 69.1 Å². The van der Waals surface area contributed by atoms with E-state index >= 15 is 0 Å². The van der Waals surface area contributed by atoms with Gasteiger partial charge in [0.2, 0.25) is 0 Å². The molecule has 2 heterocycles. The lowest BCUT2D eigenvalue weighted by Gasteiger charge is -2.35. The van der Waals surface area contributed by atoms with E-state index in [-0.39, 0.29) is 6.04 Å². The van der Waals surface area contributed by atoms with Gasteiger partial charge >= 0.3 is 6.09 Å². The van der Waals surface area contributed by atoms with Gasteiger partial charge in [-0.25, -0.2) is 4.79 Å². The van der Waals surface area contributed by atoms with Crippen LogP contribution >= 0.6 is 0 Å². The first-order valence-corrected chi connectivity index (χ1v) is 14.0. The molecule has 9 heteroatoms. The predicted octanol–water partition coefficient (Wildman–Crippen LogP) is 5.95. The van der Waals surface area contributed by atoms with Crippen molar-refractivity contribution in [2.24, 2.45) is 0 Å². The maximum absolute atomic E-state index is 12.7. The van der Waals surface area contributed by atoms with Gasteiger partial charge < -0.3 is 29.1 Å². The highest BCUT2D eigenvalue weighted by Gasteiger charge is 2.28. The summed E-state index contributed by atoms with van der Waals surface area (Å²) in [6.45, 7) is 11.0. The number of benzene rings is 2. The van der Waals surface area contributed by atoms with E-state index in [1.807, 2.05) is 44.2 Å². The zero-order valence-corrected chi connectivity index (χ0v) is 24.6. The lowest BCUT2D eigenvalue weighted by atomic mass is 10.0. The lowest BCUT2D eigenvalue weighted by Crippen LogP contribution is -2.47. The van der Waals surface area contributed by atoms with E-state index in [0.29, 0.717) is 28.7 Å². The number of piperazine rings is 1. The normalized spacial score (nSPS) is 15.2. The van der Waals surface area contributed by atoms with Crippen LogP contribution in [-0.2, 0) is 0 Å². The van der Waals surface area contributed by atoms with E-state index < -0.39 is 6.09 Å². The number of aromatic nitrogens is 1. The monoisotopic (exact) mass is 550 g/mol. The maximum Gasteiger partial charge on any atom is 0.412 e. The van der Waals surface area contributed by atoms with E-state index in [1.54, 1.807) is 25.3 Å². The molecule has 1 aliphatic rings. The molecule has 1 aliphatic heterocycles. The summed E-state index contributed by atoms with van der Waals surface area (Å²) in [5.74, 6) is 2.48. The molecule has 3 aromatic rings. The van der Waals surface area contributed by atoms with Crippen LogP contribution < -0.4 is 19.1 Å². The Kier molecular flexibility index (Phi) is 9.71. The maximum atomic E-state index is 12.7. The number of hydrogen-bond acceptors (Lipinski definition) is 7. The number of ether oxygens (including phenoxy) is 3. The summed E-state index contributed by atoms with van der Waals surface area (Å²) in [5, 5.41) is 11.2. The Morgan fingerprint density at radius 2 is 1.68 bits per heavy atom. The number of pyridine rings is 1. The number of methoxy groups -OCH3 is 2. The van der Waals surface area contributed by atoms with Crippen molar-refractivity contribution in [1.82, 2.24) is 14.8 Å². The Hall–Kier alpha value is -3.56. The molecule has 2 aromatic carbocycles. The SMILES string of the molecule is CCCC(CCN1CCN(C)CC1)N(C(=O)O)c1cc(C)c(Oc2ccnc3cc(OC)c(OC)cc23)cc1C. The second kappa shape index (κ2) is 13.2. The van der Waals surface area contributed by atoms with E-state index in [4.69, 9.17) is 14.2 Å². The average Bonchev–Trinajstić information content (AvgIpc) is 2.94. The van der Waals surface area contributed by atoms with Gasteiger partial charge in [0, 0.05) is 56.4 Å². The largest absolute Gasteiger partial charge is 0.493 e. The fraction of sp³-hybridized carbons (Fsp3) is 0.484. The molecule has 1 amide bonds. The highest BCUT2D eigenvalue weighted by molar-refractivity contribution is 5.89. The Morgan fingerprint density at radius 1 is 0.975 bits per heavy atom. The van der Waals surface area contributed by atoms with E-state index in [9.17, 15) is 9.90 Å². The minimum absolute atomic E-state index is 0.0985. The Balaban J connectivity index is 1.61. The third-order valence-corrected chi connectivity index (χ3v) is 7.75. The molecular weight excluding hydrogens is 508 g/mol. The van der Waals surface area contributed by atoms with Crippen LogP contribution in [0.1, 0.15) is 37.3 Å². The highest BCUT2D eigenvalue weighted by atomic mass is 16.5. The van der Waals surface area contributed by atoms with E-state index in [2.05, 4.69) is 28.8 Å². The molecule has 0 saturated carbocycles. The second-order valence-electron chi connectivity index (χ2n) is 10.6. The molecule has 0 bridgehead atoms. The first-order valence-electron chi connectivity index (χ1n) is 14.0. The Bertz CT molecular complexity index is 1320. The molecule has 0 spiro atoms. The van der Waals surface area contributed by atoms with Crippen molar-refractivity contribution in [3.8, 4) is 23.0 Å². The summed E-state index contributed by atoms with van der Waals surface area (Å²) in [6.07, 6.45) is 3.30. The van der Waals surface area contributed by atoms with Crippen molar-refractivity contribution in [2.75, 3.05) is 58.9 Å². The number of carbonyl (C=O) groups is 1. The molecule has 1 atom stereocenters. The van der Waals surface area contributed by atoms with E-state index in [1.165, 1.54) is 0 Å². The molecule has 1 aromatic heterocycles. The highest BCUT2D eigenvalue weighted by Crippen LogP contribution is 2.39. The van der Waals surface area contributed by atoms with Gasteiger partial charge in [0.05, 0.1) is 25.4 Å². The molecule has 1 saturated heterocycles. The molecule has 216 valence electrons. The summed E-state index contributed by atoms with van der Waals surface area (Å²) in [6, 6.07) is 9.26. The molecule has 0 radical (unpaired) electrons. The number of rotatable bonds is 11. The number of carboxylic acid groups (broad SMARTS) is 1. The molecule has 1 unspecified atom stereocenters. The standard InChI is InChI=1S/C31H42N4O5/c1-7-8-23(10-12-34-15-13-33(4)14-16-34)35(31(36)37)26-17-22(3)28(18-21(26)2)40-27-9-11-32-25-20-30(39-6)29(38-5)19-24(25)27/h9,11,17-20,23H,7-8,10,12-16H2,1-6H3,(H,36,37). The molecule has 9 nitrogen and oxygen atoms in total. The van der Waals surface area contributed by atoms with Crippen LogP contribution in [0.15, 0.2) is 36.5 Å². The minimum Gasteiger partial charge on any atom is -0.493 e. The average molecular weight is 551 g/mol. The molecule has 0 aliphatic carbocycles. The summed E-state index contributed by atoms with van der Waals surface area (Å²) < 4.78 is 17.3. The summed E-state index contributed by atoms with van der Waals surface area (Å²) in [4.78, 5) is 23.5. The predicted molar refractivity (Wildman–Crippen MR) is 159 cm³/mol. The first kappa shape index (κ1) is 29.4. The topological polar surface area (TPSA) is 87.6 Å². The fourth-order valence-corrected chi connectivity index (χ4v) is 5.39. The smallest absolute Gasteiger partial charge is 0.412 e. The Morgan fingerprint density at radius 3 is 2.33 bits per heavy atom. The summed E-state index contributed by atoms with van der Waals surface area (Å²) in [5.41, 5.74) is 3.13. The fourth-order valence-electron chi connectivity index (χ4n) is 5.39. The molecule has 4 rings (SSSR count). The van der Waals surface area contributed by atoms with Crippen molar-refractivity contribution >= 4 is 22.7 Å². The number of hydrogen-bond donors (Lipinski definition) is 1. The van der Waals surface area contributed by atoms with Crippen molar-refractivity contribution in [3.05, 3.63) is 47.7 Å². The second-order valence-corrected chi connectivity index (χ2v) is 10.6. The quantitative estimate of drug-likeness (QED) is 0.313. The van der Waals surface area contributed by atoms with Crippen molar-refractivity contribution < 1.29 is 24.1 Å². The van der Waals surface area contributed by atoms with Crippen molar-refractivity contribution in [1.29, 1.82) is 0 Å². The van der Waals surface area contributed by atoms with Crippen LogP contribution in [0.4, 0.5) is 10.5 Å². The van der Waals surface area contributed by atoms with Crippen molar-refractivity contribution in [2.45, 2.75) is 46.1 Å². The van der Waals surface area contributed by atoms with Crippen LogP contribution in [0, 0.1) is 13.8 Å². The zero-order chi connectivity index (χ0) is 28.8. The molecule has 40 heavy (non-hydrogen) atoms. The van der Waals surface area contributed by atoms with Gasteiger partial charge in [-0.2, -0.15) is 0 Å². The minimum atomic E-state index is -0.922. The molecule has 1 N–H and O–H groups in total. The van der Waals surface area contributed by atoms with Crippen LogP contribution in [0.5, 0.6) is 23.0 Å². The number of amides is 1. The summed E-state index contributed by atoms with van der Waals surface area (Å²) >= 11 is 0. The van der Waals surface area contributed by atoms with Gasteiger partial charge in [-0.15, -0.1) is 0 Å². The number of aryl methyl sites for hydroxylation is 2. The van der Waals surface area contributed by atoms with Gasteiger partial charge in [0.1, 0.15) is 11.5 Å². The zero-order valence-electron chi connectivity index (χ0n) is 24.6. The van der Waals surface area contributed by atoms with Gasteiger partial charge in [-0.3, -0.25) is 9.88 Å². The van der Waals surface area contributed by atoms with Crippen LogP contribution in [-0.4, -0.2) is 86.0 Å². The first-order chi connectivity index (χ1) is 19.2. The van der Waals surface area contributed by atoms with Gasteiger partial charge in [0.15, 0.2) is 11.5 Å². The van der Waals surface area contributed by atoms with Crippen LogP contribution in [0.2, 0.25) is 0 Å². The number of anilines is 1. The molecular formula is C31H42N4O5. The number of likely N-dealkylation sites (N-methyl/N-ethyl adjacent to an activating group) is 1. The third kappa shape index (κ3) is 6.59. The lowest BCUT2D eigenvalue weighted by molar-refractivity contribution is 0.148. The third-order valence-electron chi connectivity index (χ3n) is 7.75. The van der Waals surface area contributed by atoms with Gasteiger partial charge in [0.25, 0.3) is 0 Å². The van der Waals surface area contributed by atoms with Crippen molar-refractivity contribution in [3.63, 3.8) is 0 Å². The van der Waals surface area contributed by atoms with Gasteiger partial charge in [-0.1, -0.05) is 13.3 Å². The van der Waals surface area contributed by atoms with Crippen LogP contribution in [0.3, 0.4) is 0 Å². The van der Waals surface area contributed by atoms with Crippen LogP contribution in [0.25, 0.3) is 10.9 Å². The van der Waals surface area contributed by atoms with E-state index in [0.717, 1.165) is 74.0 Å². The summed E-state index contributed by atoms with van der Waals surface area (Å²) in [7, 11) is 5.33. The number of nitrogens with zero attached hydrogens (tertiary/aromatic N) is 4. The molecule has 1 fully saturated rings.